The third-order valence-corrected chi connectivity index (χ3v) is 4.83. The zero-order valence-electron chi connectivity index (χ0n) is 14.4. The van der Waals surface area contributed by atoms with Crippen LogP contribution in [0.4, 0.5) is 0 Å². The topological polar surface area (TPSA) is 0 Å². The lowest BCUT2D eigenvalue weighted by Crippen LogP contribution is -2.20. The summed E-state index contributed by atoms with van der Waals surface area (Å²) in [5.74, 6) is 1.11. The van der Waals surface area contributed by atoms with E-state index in [2.05, 4.69) is 71.0 Å². The largest absolute Gasteiger partial charge is 0.0843 e. The Morgan fingerprint density at radius 1 is 0.909 bits per heavy atom. The van der Waals surface area contributed by atoms with Crippen LogP contribution in [-0.2, 0) is 5.41 Å². The van der Waals surface area contributed by atoms with E-state index in [0.717, 1.165) is 11.4 Å². The molecule has 1 heteroatoms. The predicted octanol–water partition coefficient (Wildman–Crippen LogP) is 6.93. The van der Waals surface area contributed by atoms with Gasteiger partial charge in [0.25, 0.3) is 0 Å². The van der Waals surface area contributed by atoms with Crippen molar-refractivity contribution in [3.63, 3.8) is 0 Å². The molecule has 1 unspecified atom stereocenters. The maximum absolute atomic E-state index is 6.15. The van der Waals surface area contributed by atoms with Crippen LogP contribution in [0.25, 0.3) is 0 Å². The zero-order valence-corrected chi connectivity index (χ0v) is 15.1. The Hall–Kier alpha value is -1.27. The van der Waals surface area contributed by atoms with Gasteiger partial charge >= 0.3 is 0 Å². The van der Waals surface area contributed by atoms with Gasteiger partial charge in [-0.05, 0) is 52.5 Å². The average Bonchev–Trinajstić information content (AvgIpc) is 2.47. The SMILES string of the molecule is CC(C)c1ccc(C(C)CC(C)(C)c2cccc(Cl)c2)cc1. The van der Waals surface area contributed by atoms with Gasteiger partial charge in [0.1, 0.15) is 0 Å². The second-order valence-corrected chi connectivity index (χ2v) is 7.76. The molecule has 22 heavy (non-hydrogen) atoms. The van der Waals surface area contributed by atoms with Crippen LogP contribution >= 0.6 is 11.6 Å². The summed E-state index contributed by atoms with van der Waals surface area (Å²) >= 11 is 6.15. The van der Waals surface area contributed by atoms with E-state index in [-0.39, 0.29) is 5.41 Å². The van der Waals surface area contributed by atoms with Gasteiger partial charge in [0.15, 0.2) is 0 Å². The highest BCUT2D eigenvalue weighted by molar-refractivity contribution is 6.30. The molecule has 0 fully saturated rings. The van der Waals surface area contributed by atoms with Crippen molar-refractivity contribution in [3.05, 3.63) is 70.2 Å². The summed E-state index contributed by atoms with van der Waals surface area (Å²) in [5, 5.41) is 0.819. The molecule has 0 saturated carbocycles. The lowest BCUT2D eigenvalue weighted by molar-refractivity contribution is 0.438. The van der Waals surface area contributed by atoms with Crippen molar-refractivity contribution in [2.45, 2.75) is 58.3 Å². The lowest BCUT2D eigenvalue weighted by atomic mass is 9.76. The fourth-order valence-electron chi connectivity index (χ4n) is 3.12. The highest BCUT2D eigenvalue weighted by Gasteiger charge is 2.24. The molecule has 1 atom stereocenters. The maximum atomic E-state index is 6.15. The van der Waals surface area contributed by atoms with Crippen molar-refractivity contribution in [1.29, 1.82) is 0 Å². The number of hydrogen-bond acceptors (Lipinski definition) is 0. The van der Waals surface area contributed by atoms with Gasteiger partial charge in [-0.25, -0.2) is 0 Å². The normalized spacial score (nSPS) is 13.4. The quantitative estimate of drug-likeness (QED) is 0.561. The van der Waals surface area contributed by atoms with Crippen LogP contribution in [0.2, 0.25) is 5.02 Å². The number of benzene rings is 2. The fraction of sp³-hybridized carbons (Fsp3) is 0.429. The van der Waals surface area contributed by atoms with Crippen LogP contribution in [0.5, 0.6) is 0 Å². The molecule has 0 nitrogen and oxygen atoms in total. The summed E-state index contributed by atoms with van der Waals surface area (Å²) in [5.41, 5.74) is 4.25. The molecule has 0 spiro atoms. The predicted molar refractivity (Wildman–Crippen MR) is 98.0 cm³/mol. The summed E-state index contributed by atoms with van der Waals surface area (Å²) in [6.45, 7) is 11.4. The van der Waals surface area contributed by atoms with Crippen LogP contribution in [0, 0.1) is 0 Å². The maximum Gasteiger partial charge on any atom is 0.0408 e. The van der Waals surface area contributed by atoms with Crippen molar-refractivity contribution in [2.75, 3.05) is 0 Å². The van der Waals surface area contributed by atoms with Crippen LogP contribution < -0.4 is 0 Å². The molecular formula is C21H27Cl. The van der Waals surface area contributed by atoms with Crippen molar-refractivity contribution in [1.82, 2.24) is 0 Å². The van der Waals surface area contributed by atoms with Gasteiger partial charge in [-0.15, -0.1) is 0 Å². The smallest absolute Gasteiger partial charge is 0.0408 e. The Balaban J connectivity index is 2.14. The molecule has 0 bridgehead atoms. The summed E-state index contributed by atoms with van der Waals surface area (Å²) < 4.78 is 0. The Labute approximate surface area is 140 Å². The Morgan fingerprint density at radius 2 is 1.50 bits per heavy atom. The van der Waals surface area contributed by atoms with E-state index < -0.39 is 0 Å². The van der Waals surface area contributed by atoms with Gasteiger partial charge in [-0.3, -0.25) is 0 Å². The summed E-state index contributed by atoms with van der Waals surface area (Å²) in [7, 11) is 0. The van der Waals surface area contributed by atoms with Gasteiger partial charge in [-0.1, -0.05) is 82.6 Å². The van der Waals surface area contributed by atoms with E-state index in [0.29, 0.717) is 11.8 Å². The van der Waals surface area contributed by atoms with E-state index in [1.807, 2.05) is 12.1 Å². The molecule has 118 valence electrons. The Kier molecular flexibility index (Phi) is 5.34. The molecule has 0 amide bonds. The first-order valence-electron chi connectivity index (χ1n) is 8.15. The molecule has 0 aliphatic carbocycles. The third-order valence-electron chi connectivity index (χ3n) is 4.59. The second-order valence-electron chi connectivity index (χ2n) is 7.32. The molecule has 0 aliphatic heterocycles. The van der Waals surface area contributed by atoms with Crippen molar-refractivity contribution >= 4 is 11.6 Å². The van der Waals surface area contributed by atoms with Crippen LogP contribution in [0.15, 0.2) is 48.5 Å². The molecule has 0 heterocycles. The van der Waals surface area contributed by atoms with E-state index in [1.54, 1.807) is 0 Å². The minimum absolute atomic E-state index is 0.112. The average molecular weight is 315 g/mol. The summed E-state index contributed by atoms with van der Waals surface area (Å²) in [6.07, 6.45) is 1.11. The van der Waals surface area contributed by atoms with Gasteiger partial charge in [-0.2, -0.15) is 0 Å². The number of halogens is 1. The minimum Gasteiger partial charge on any atom is -0.0843 e. The summed E-state index contributed by atoms with van der Waals surface area (Å²) in [4.78, 5) is 0. The standard InChI is InChI=1S/C21H27Cl/c1-15(2)17-9-11-18(12-10-17)16(3)14-21(4,5)19-7-6-8-20(22)13-19/h6-13,15-16H,14H2,1-5H3. The molecule has 0 aliphatic rings. The van der Waals surface area contributed by atoms with Crippen molar-refractivity contribution < 1.29 is 0 Å². The van der Waals surface area contributed by atoms with Gasteiger partial charge in [0, 0.05) is 5.02 Å². The second kappa shape index (κ2) is 6.87. The molecule has 2 aromatic rings. The molecule has 0 saturated heterocycles. The molecule has 0 N–H and O–H groups in total. The van der Waals surface area contributed by atoms with E-state index >= 15 is 0 Å². The number of hydrogen-bond donors (Lipinski definition) is 0. The van der Waals surface area contributed by atoms with Crippen LogP contribution in [-0.4, -0.2) is 0 Å². The third kappa shape index (κ3) is 4.14. The first-order chi connectivity index (χ1) is 10.3. The molecule has 2 rings (SSSR count). The van der Waals surface area contributed by atoms with Crippen molar-refractivity contribution in [3.8, 4) is 0 Å². The van der Waals surface area contributed by atoms with Gasteiger partial charge < -0.3 is 0 Å². The fourth-order valence-corrected chi connectivity index (χ4v) is 3.31. The highest BCUT2D eigenvalue weighted by Crippen LogP contribution is 2.35. The molecule has 2 aromatic carbocycles. The van der Waals surface area contributed by atoms with Gasteiger partial charge in [0.05, 0.1) is 0 Å². The monoisotopic (exact) mass is 314 g/mol. The zero-order chi connectivity index (χ0) is 16.3. The van der Waals surface area contributed by atoms with Crippen LogP contribution in [0.3, 0.4) is 0 Å². The Bertz CT molecular complexity index is 608. The molecule has 0 radical (unpaired) electrons. The first-order valence-corrected chi connectivity index (χ1v) is 8.53. The van der Waals surface area contributed by atoms with E-state index in [1.165, 1.54) is 16.7 Å². The van der Waals surface area contributed by atoms with E-state index in [9.17, 15) is 0 Å². The van der Waals surface area contributed by atoms with Gasteiger partial charge in [0.2, 0.25) is 0 Å². The number of rotatable bonds is 5. The van der Waals surface area contributed by atoms with E-state index in [4.69, 9.17) is 11.6 Å². The lowest BCUT2D eigenvalue weighted by Gasteiger charge is -2.29. The minimum atomic E-state index is 0.112. The first kappa shape index (κ1) is 17.1. The highest BCUT2D eigenvalue weighted by atomic mass is 35.5. The molecule has 0 aromatic heterocycles. The van der Waals surface area contributed by atoms with Crippen LogP contribution in [0.1, 0.15) is 69.6 Å². The molecular weight excluding hydrogens is 288 g/mol. The van der Waals surface area contributed by atoms with Crippen molar-refractivity contribution in [2.24, 2.45) is 0 Å². The summed E-state index contributed by atoms with van der Waals surface area (Å²) in [6, 6.07) is 17.4. The Morgan fingerprint density at radius 3 is 2.05 bits per heavy atom.